The van der Waals surface area contributed by atoms with Crippen molar-refractivity contribution in [2.45, 2.75) is 12.8 Å². The predicted molar refractivity (Wildman–Crippen MR) is 69.0 cm³/mol. The second kappa shape index (κ2) is 4.69. The Morgan fingerprint density at radius 3 is 2.40 bits per heavy atom. The molecular formula is C11H11Cl2NS. The van der Waals surface area contributed by atoms with E-state index in [1.807, 2.05) is 12.1 Å². The molecule has 1 aliphatic rings. The van der Waals surface area contributed by atoms with Gasteiger partial charge in [0, 0.05) is 18.7 Å². The van der Waals surface area contributed by atoms with Gasteiger partial charge in [0.2, 0.25) is 0 Å². The third-order valence-electron chi connectivity index (χ3n) is 2.56. The van der Waals surface area contributed by atoms with Gasteiger partial charge >= 0.3 is 0 Å². The zero-order valence-electron chi connectivity index (χ0n) is 8.17. The lowest BCUT2D eigenvalue weighted by Crippen LogP contribution is -2.26. The Morgan fingerprint density at radius 1 is 1.13 bits per heavy atom. The van der Waals surface area contributed by atoms with Gasteiger partial charge in [-0.25, -0.2) is 0 Å². The first kappa shape index (κ1) is 11.2. The van der Waals surface area contributed by atoms with E-state index in [0.29, 0.717) is 10.0 Å². The minimum atomic E-state index is 0.565. The van der Waals surface area contributed by atoms with Gasteiger partial charge in [0.25, 0.3) is 0 Å². The molecule has 0 aliphatic carbocycles. The minimum absolute atomic E-state index is 0.565. The summed E-state index contributed by atoms with van der Waals surface area (Å²) >= 11 is 17.2. The molecule has 0 aromatic heterocycles. The summed E-state index contributed by atoms with van der Waals surface area (Å²) in [4.78, 5) is 3.10. The molecule has 1 nitrogen and oxygen atoms in total. The van der Waals surface area contributed by atoms with Crippen molar-refractivity contribution in [3.63, 3.8) is 0 Å². The lowest BCUT2D eigenvalue weighted by molar-refractivity contribution is 0.530. The maximum absolute atomic E-state index is 5.95. The van der Waals surface area contributed by atoms with Gasteiger partial charge in [-0.3, -0.25) is 0 Å². The van der Waals surface area contributed by atoms with Crippen molar-refractivity contribution in [2.24, 2.45) is 0 Å². The molecule has 4 heteroatoms. The number of halogens is 2. The summed E-state index contributed by atoms with van der Waals surface area (Å²) < 4.78 is 0. The smallest absolute Gasteiger partial charge is 0.109 e. The van der Waals surface area contributed by atoms with Crippen LogP contribution in [0.3, 0.4) is 0 Å². The molecule has 0 radical (unpaired) electrons. The van der Waals surface area contributed by atoms with Crippen LogP contribution in [0.25, 0.3) is 0 Å². The maximum atomic E-state index is 5.95. The third kappa shape index (κ3) is 2.44. The van der Waals surface area contributed by atoms with Crippen molar-refractivity contribution in [1.82, 2.24) is 4.90 Å². The van der Waals surface area contributed by atoms with Gasteiger partial charge in [0.15, 0.2) is 0 Å². The molecule has 1 fully saturated rings. The Morgan fingerprint density at radius 2 is 1.80 bits per heavy atom. The van der Waals surface area contributed by atoms with Crippen molar-refractivity contribution >= 4 is 40.4 Å². The molecule has 0 unspecified atom stereocenters. The Hall–Kier alpha value is -0.310. The van der Waals surface area contributed by atoms with E-state index in [9.17, 15) is 0 Å². The number of hydrogen-bond acceptors (Lipinski definition) is 1. The summed E-state index contributed by atoms with van der Waals surface area (Å²) in [6, 6.07) is 5.56. The van der Waals surface area contributed by atoms with Crippen LogP contribution in [0.5, 0.6) is 0 Å². The average Bonchev–Trinajstić information content (AvgIpc) is 2.74. The molecule has 2 rings (SSSR count). The highest BCUT2D eigenvalue weighted by atomic mass is 35.5. The molecular weight excluding hydrogens is 249 g/mol. The quantitative estimate of drug-likeness (QED) is 0.707. The molecule has 1 aliphatic heterocycles. The third-order valence-corrected chi connectivity index (χ3v) is 3.79. The van der Waals surface area contributed by atoms with Crippen LogP contribution in [0.2, 0.25) is 10.0 Å². The Balaban J connectivity index is 2.21. The van der Waals surface area contributed by atoms with Gasteiger partial charge in [-0.1, -0.05) is 41.5 Å². The van der Waals surface area contributed by atoms with E-state index < -0.39 is 0 Å². The molecule has 0 amide bonds. The summed E-state index contributed by atoms with van der Waals surface area (Å²) in [5, 5.41) is 1.14. The molecule has 80 valence electrons. The topological polar surface area (TPSA) is 3.24 Å². The van der Waals surface area contributed by atoms with Crippen molar-refractivity contribution in [1.29, 1.82) is 0 Å². The van der Waals surface area contributed by atoms with Crippen molar-refractivity contribution in [3.05, 3.63) is 33.8 Å². The monoisotopic (exact) mass is 259 g/mol. The van der Waals surface area contributed by atoms with Crippen molar-refractivity contribution in [2.75, 3.05) is 13.1 Å². The summed E-state index contributed by atoms with van der Waals surface area (Å²) in [5.41, 5.74) is 0.987. The number of likely N-dealkylation sites (tertiary alicyclic amines) is 1. The van der Waals surface area contributed by atoms with E-state index >= 15 is 0 Å². The number of nitrogens with zero attached hydrogens (tertiary/aromatic N) is 1. The van der Waals surface area contributed by atoms with E-state index in [1.165, 1.54) is 12.8 Å². The molecule has 1 heterocycles. The van der Waals surface area contributed by atoms with Crippen LogP contribution in [0.4, 0.5) is 0 Å². The first-order valence-corrected chi connectivity index (χ1v) is 6.09. The average molecular weight is 260 g/mol. The number of benzene rings is 1. The molecule has 0 bridgehead atoms. The lowest BCUT2D eigenvalue weighted by atomic mass is 10.2. The van der Waals surface area contributed by atoms with Crippen molar-refractivity contribution < 1.29 is 0 Å². The largest absolute Gasteiger partial charge is 0.362 e. The number of thiocarbonyl (C=S) groups is 1. The van der Waals surface area contributed by atoms with E-state index in [-0.39, 0.29) is 0 Å². The molecule has 0 spiro atoms. The zero-order valence-corrected chi connectivity index (χ0v) is 10.5. The van der Waals surface area contributed by atoms with Gasteiger partial charge in [-0.15, -0.1) is 0 Å². The van der Waals surface area contributed by atoms with Crippen LogP contribution in [0, 0.1) is 0 Å². The van der Waals surface area contributed by atoms with Gasteiger partial charge in [-0.05, 0) is 25.0 Å². The Kier molecular flexibility index (Phi) is 3.49. The van der Waals surface area contributed by atoms with Gasteiger partial charge in [0.1, 0.15) is 4.99 Å². The molecule has 1 aromatic carbocycles. The van der Waals surface area contributed by atoms with Crippen LogP contribution in [0.1, 0.15) is 18.4 Å². The lowest BCUT2D eigenvalue weighted by Gasteiger charge is -2.18. The van der Waals surface area contributed by atoms with Crippen LogP contribution in [-0.4, -0.2) is 23.0 Å². The summed E-state index contributed by atoms with van der Waals surface area (Å²) in [6.07, 6.45) is 2.45. The molecule has 1 saturated heterocycles. The minimum Gasteiger partial charge on any atom is -0.362 e. The second-order valence-electron chi connectivity index (χ2n) is 3.63. The fourth-order valence-corrected chi connectivity index (χ4v) is 2.34. The second-order valence-corrected chi connectivity index (χ2v) is 4.83. The van der Waals surface area contributed by atoms with Crippen LogP contribution in [-0.2, 0) is 0 Å². The standard InChI is InChI=1S/C11H11Cl2NS/c12-9-4-3-8(7-10(9)13)11(15)14-5-1-2-6-14/h3-4,7H,1-2,5-6H2. The van der Waals surface area contributed by atoms with E-state index in [4.69, 9.17) is 35.4 Å². The molecule has 15 heavy (non-hydrogen) atoms. The van der Waals surface area contributed by atoms with Gasteiger partial charge in [-0.2, -0.15) is 0 Å². The van der Waals surface area contributed by atoms with E-state index in [0.717, 1.165) is 23.6 Å². The fourth-order valence-electron chi connectivity index (χ4n) is 1.73. The predicted octanol–water partition coefficient (Wildman–Crippen LogP) is 3.76. The SMILES string of the molecule is S=C(c1ccc(Cl)c(Cl)c1)N1CCCC1. The van der Waals surface area contributed by atoms with Crippen LogP contribution < -0.4 is 0 Å². The Bertz CT molecular complexity index is 386. The highest BCUT2D eigenvalue weighted by Gasteiger charge is 2.16. The molecule has 0 saturated carbocycles. The highest BCUT2D eigenvalue weighted by Crippen LogP contribution is 2.24. The van der Waals surface area contributed by atoms with E-state index in [1.54, 1.807) is 6.07 Å². The fraction of sp³-hybridized carbons (Fsp3) is 0.364. The van der Waals surface area contributed by atoms with Gasteiger partial charge < -0.3 is 4.90 Å². The number of hydrogen-bond donors (Lipinski definition) is 0. The molecule has 0 atom stereocenters. The Labute approximate surface area is 105 Å². The highest BCUT2D eigenvalue weighted by molar-refractivity contribution is 7.80. The summed E-state index contributed by atoms with van der Waals surface area (Å²) in [7, 11) is 0. The van der Waals surface area contributed by atoms with Crippen LogP contribution >= 0.6 is 35.4 Å². The molecule has 1 aromatic rings. The summed E-state index contributed by atoms with van der Waals surface area (Å²) in [5.74, 6) is 0. The van der Waals surface area contributed by atoms with Crippen molar-refractivity contribution in [3.8, 4) is 0 Å². The maximum Gasteiger partial charge on any atom is 0.109 e. The first-order valence-electron chi connectivity index (χ1n) is 4.93. The molecule has 0 N–H and O–H groups in total. The summed E-state index contributed by atoms with van der Waals surface area (Å²) in [6.45, 7) is 2.11. The normalized spacial score (nSPS) is 15.7. The first-order chi connectivity index (χ1) is 7.18. The zero-order chi connectivity index (χ0) is 10.8. The van der Waals surface area contributed by atoms with Crippen LogP contribution in [0.15, 0.2) is 18.2 Å². The van der Waals surface area contributed by atoms with E-state index in [2.05, 4.69) is 4.90 Å². The number of rotatable bonds is 1. The van der Waals surface area contributed by atoms with Gasteiger partial charge in [0.05, 0.1) is 10.0 Å².